The average Bonchev–Trinajstić information content (AvgIpc) is 3.27. The van der Waals surface area contributed by atoms with Crippen LogP contribution in [0.2, 0.25) is 0 Å². The number of halogens is 3. The first kappa shape index (κ1) is 31.2. The smallest absolute Gasteiger partial charge is 0.406 e. The fraction of sp³-hybridized carbons (Fsp3) is 0.690. The Kier molecular flexibility index (Phi) is 12.9. The maximum absolute atomic E-state index is 12.3. The molecule has 210 valence electrons. The van der Waals surface area contributed by atoms with Crippen molar-refractivity contribution in [1.29, 1.82) is 0 Å². The van der Waals surface area contributed by atoms with E-state index in [0.29, 0.717) is 11.8 Å². The van der Waals surface area contributed by atoms with Crippen molar-refractivity contribution in [1.82, 2.24) is 14.7 Å². The van der Waals surface area contributed by atoms with Gasteiger partial charge in [-0.05, 0) is 69.4 Å². The molecule has 1 aliphatic heterocycles. The van der Waals surface area contributed by atoms with E-state index >= 15 is 0 Å². The Morgan fingerprint density at radius 2 is 1.62 bits per heavy atom. The van der Waals surface area contributed by atoms with Crippen molar-refractivity contribution in [3.63, 3.8) is 0 Å². The van der Waals surface area contributed by atoms with Gasteiger partial charge in [-0.25, -0.2) is 4.68 Å². The number of rotatable bonds is 11. The van der Waals surface area contributed by atoms with Gasteiger partial charge in [-0.15, -0.1) is 13.2 Å². The quantitative estimate of drug-likeness (QED) is 0.299. The highest BCUT2D eigenvalue weighted by molar-refractivity contribution is 5.38. The van der Waals surface area contributed by atoms with E-state index in [1.165, 1.54) is 31.4 Å². The molecule has 2 heterocycles. The highest BCUT2D eigenvalue weighted by Gasteiger charge is 2.31. The number of nitrogens with zero attached hydrogens (tertiary/aromatic N) is 3. The van der Waals surface area contributed by atoms with Gasteiger partial charge in [-0.3, -0.25) is 4.90 Å². The van der Waals surface area contributed by atoms with Crippen molar-refractivity contribution >= 4 is 0 Å². The van der Waals surface area contributed by atoms with Crippen molar-refractivity contribution in [3.8, 4) is 11.4 Å². The molecule has 0 saturated carbocycles. The summed E-state index contributed by atoms with van der Waals surface area (Å²) in [5, 5.41) is 4.76. The molecule has 1 saturated heterocycles. The Hall–Kier alpha value is -2.06. The van der Waals surface area contributed by atoms with E-state index in [-0.39, 0.29) is 5.75 Å². The van der Waals surface area contributed by atoms with Crippen LogP contribution >= 0.6 is 0 Å². The first-order chi connectivity index (χ1) is 17.6. The molecule has 0 N–H and O–H groups in total. The lowest BCUT2D eigenvalue weighted by molar-refractivity contribution is -0.274. The molecule has 5 nitrogen and oxygen atoms in total. The molecule has 3 atom stereocenters. The number of hydrogen-bond donors (Lipinski definition) is 0. The summed E-state index contributed by atoms with van der Waals surface area (Å²) in [5.41, 5.74) is 2.76. The van der Waals surface area contributed by atoms with Crippen LogP contribution in [0.1, 0.15) is 90.4 Å². The fourth-order valence-corrected chi connectivity index (χ4v) is 4.50. The molecule has 0 bridgehead atoms. The number of morpholine rings is 1. The average molecular weight is 526 g/mol. The van der Waals surface area contributed by atoms with Crippen molar-refractivity contribution in [2.24, 2.45) is 5.92 Å². The summed E-state index contributed by atoms with van der Waals surface area (Å²) >= 11 is 0. The van der Waals surface area contributed by atoms with Gasteiger partial charge >= 0.3 is 6.36 Å². The Morgan fingerprint density at radius 1 is 0.973 bits per heavy atom. The number of alkyl halides is 3. The highest BCUT2D eigenvalue weighted by Crippen LogP contribution is 2.30. The van der Waals surface area contributed by atoms with E-state index in [1.807, 2.05) is 6.92 Å². The first-order valence-corrected chi connectivity index (χ1v) is 13.8. The molecule has 1 aromatic carbocycles. The van der Waals surface area contributed by atoms with Gasteiger partial charge in [0, 0.05) is 30.7 Å². The standard InChI is InChI=1S/C21H29F3N2O.C8H17NO/c1-5-7-17(9-8-15(3)6-2)20-14-16(4)26(25-20)18-10-12-19(13-11-18)27-21(22,23)24;1-3-8(2)9-4-6-10-7-5-9/h10-15,17H,5-9H2,1-4H3;8H,3-7H2,1-2H3. The molecule has 0 spiro atoms. The summed E-state index contributed by atoms with van der Waals surface area (Å²) in [5.74, 6) is 0.888. The van der Waals surface area contributed by atoms with Gasteiger partial charge in [0.05, 0.1) is 24.6 Å². The van der Waals surface area contributed by atoms with Gasteiger partial charge in [0.25, 0.3) is 0 Å². The second-order valence-corrected chi connectivity index (χ2v) is 10.1. The third-order valence-corrected chi connectivity index (χ3v) is 7.24. The number of hydrogen-bond acceptors (Lipinski definition) is 4. The van der Waals surface area contributed by atoms with Gasteiger partial charge in [0.1, 0.15) is 5.75 Å². The van der Waals surface area contributed by atoms with Crippen LogP contribution in [-0.2, 0) is 4.74 Å². The van der Waals surface area contributed by atoms with Crippen molar-refractivity contribution in [2.45, 2.75) is 98.4 Å². The molecule has 0 radical (unpaired) electrons. The zero-order valence-corrected chi connectivity index (χ0v) is 23.5. The molecule has 3 unspecified atom stereocenters. The minimum absolute atomic E-state index is 0.228. The molecular formula is C29H46F3N3O2. The predicted octanol–water partition coefficient (Wildman–Crippen LogP) is 7.91. The summed E-state index contributed by atoms with van der Waals surface area (Å²) in [7, 11) is 0. The van der Waals surface area contributed by atoms with E-state index in [1.54, 1.807) is 16.8 Å². The molecule has 2 aromatic rings. The van der Waals surface area contributed by atoms with Gasteiger partial charge < -0.3 is 9.47 Å². The third kappa shape index (κ3) is 10.7. The third-order valence-electron chi connectivity index (χ3n) is 7.24. The van der Waals surface area contributed by atoms with Crippen LogP contribution in [0.3, 0.4) is 0 Å². The second kappa shape index (κ2) is 15.4. The molecule has 0 amide bonds. The molecule has 1 aromatic heterocycles. The molecule has 3 rings (SSSR count). The zero-order valence-electron chi connectivity index (χ0n) is 23.5. The number of aryl methyl sites for hydroxylation is 1. The normalized spacial score (nSPS) is 17.0. The van der Waals surface area contributed by atoms with Gasteiger partial charge in [0.2, 0.25) is 0 Å². The summed E-state index contributed by atoms with van der Waals surface area (Å²) < 4.78 is 47.9. The lowest BCUT2D eigenvalue weighted by Gasteiger charge is -2.31. The minimum Gasteiger partial charge on any atom is -0.406 e. The van der Waals surface area contributed by atoms with Gasteiger partial charge in [-0.1, -0.05) is 47.0 Å². The first-order valence-electron chi connectivity index (χ1n) is 13.8. The van der Waals surface area contributed by atoms with Crippen LogP contribution in [0.4, 0.5) is 13.2 Å². The van der Waals surface area contributed by atoms with E-state index < -0.39 is 6.36 Å². The molecule has 1 fully saturated rings. The minimum atomic E-state index is -4.68. The summed E-state index contributed by atoms with van der Waals surface area (Å²) in [4.78, 5) is 2.49. The summed E-state index contributed by atoms with van der Waals surface area (Å²) in [6.45, 7) is 17.2. The summed E-state index contributed by atoms with van der Waals surface area (Å²) in [6.07, 6.45) is 2.22. The van der Waals surface area contributed by atoms with Crippen LogP contribution in [0.5, 0.6) is 5.75 Å². The van der Waals surface area contributed by atoms with E-state index in [2.05, 4.69) is 50.3 Å². The van der Waals surface area contributed by atoms with Crippen LogP contribution in [0.15, 0.2) is 30.3 Å². The SMILES string of the molecule is CCC(C)N1CCOCC1.CCCC(CCC(C)CC)c1cc(C)n(-c2ccc(OC(F)(F)F)cc2)n1. The Bertz CT molecular complexity index is 893. The number of ether oxygens (including phenoxy) is 2. The maximum Gasteiger partial charge on any atom is 0.573 e. The van der Waals surface area contributed by atoms with Crippen molar-refractivity contribution < 1.29 is 22.6 Å². The van der Waals surface area contributed by atoms with Crippen LogP contribution < -0.4 is 4.74 Å². The Labute approximate surface area is 221 Å². The molecular weight excluding hydrogens is 479 g/mol. The number of aromatic nitrogens is 2. The van der Waals surface area contributed by atoms with Gasteiger partial charge in [0.15, 0.2) is 0 Å². The van der Waals surface area contributed by atoms with Crippen LogP contribution in [0, 0.1) is 12.8 Å². The summed E-state index contributed by atoms with van der Waals surface area (Å²) in [6, 6.07) is 8.66. The van der Waals surface area contributed by atoms with Gasteiger partial charge in [-0.2, -0.15) is 5.10 Å². The zero-order chi connectivity index (χ0) is 27.4. The monoisotopic (exact) mass is 525 g/mol. The largest absolute Gasteiger partial charge is 0.573 e. The fourth-order valence-electron chi connectivity index (χ4n) is 4.50. The topological polar surface area (TPSA) is 39.5 Å². The van der Waals surface area contributed by atoms with Crippen LogP contribution in [-0.4, -0.2) is 53.4 Å². The second-order valence-electron chi connectivity index (χ2n) is 10.1. The molecule has 1 aliphatic rings. The van der Waals surface area contributed by atoms with Crippen LogP contribution in [0.25, 0.3) is 5.69 Å². The number of benzene rings is 1. The Balaban J connectivity index is 0.000000402. The van der Waals surface area contributed by atoms with Crippen molar-refractivity contribution in [2.75, 3.05) is 26.3 Å². The van der Waals surface area contributed by atoms with Crippen molar-refractivity contribution in [3.05, 3.63) is 41.7 Å². The highest BCUT2D eigenvalue weighted by atomic mass is 19.4. The predicted molar refractivity (Wildman–Crippen MR) is 143 cm³/mol. The lowest BCUT2D eigenvalue weighted by atomic mass is 9.90. The Morgan fingerprint density at radius 3 is 2.16 bits per heavy atom. The lowest BCUT2D eigenvalue weighted by Crippen LogP contribution is -2.41. The molecule has 0 aliphatic carbocycles. The molecule has 37 heavy (non-hydrogen) atoms. The maximum atomic E-state index is 12.3. The van der Waals surface area contributed by atoms with E-state index in [4.69, 9.17) is 9.84 Å². The van der Waals surface area contributed by atoms with E-state index in [9.17, 15) is 13.2 Å². The molecule has 8 heteroatoms. The van der Waals surface area contributed by atoms with E-state index in [0.717, 1.165) is 68.7 Å².